The number of aliphatic hydroxyl groups is 4. The number of hydrogen-bond acceptors (Lipinski definition) is 6. The Balaban J connectivity index is 3.19. The summed E-state index contributed by atoms with van der Waals surface area (Å²) in [6.45, 7) is 3.51. The first-order chi connectivity index (χ1) is 7.14. The van der Waals surface area contributed by atoms with E-state index < -0.39 is 35.8 Å². The van der Waals surface area contributed by atoms with E-state index >= 15 is 0 Å². The second-order valence-electron chi connectivity index (χ2n) is 4.78. The van der Waals surface area contributed by atoms with Gasteiger partial charge in [0.2, 0.25) is 0 Å². The van der Waals surface area contributed by atoms with Crippen LogP contribution < -0.4 is 0 Å². The van der Waals surface area contributed by atoms with Gasteiger partial charge in [0.25, 0.3) is 0 Å². The Bertz CT molecular complexity index is 257. The summed E-state index contributed by atoms with van der Waals surface area (Å²) >= 11 is 0. The Morgan fingerprint density at radius 1 is 1.25 bits per heavy atom. The Kier molecular flexibility index (Phi) is 3.37. The number of rotatable bonds is 2. The highest BCUT2D eigenvalue weighted by atomic mass is 16.7. The van der Waals surface area contributed by atoms with Gasteiger partial charge in [-0.25, -0.2) is 0 Å². The minimum atomic E-state index is -1.86. The van der Waals surface area contributed by atoms with E-state index in [1.54, 1.807) is 0 Å². The van der Waals surface area contributed by atoms with Gasteiger partial charge in [-0.05, 0) is 20.8 Å². The fourth-order valence-corrected chi connectivity index (χ4v) is 1.89. The van der Waals surface area contributed by atoms with Crippen LogP contribution in [0.4, 0.5) is 0 Å². The van der Waals surface area contributed by atoms with Crippen molar-refractivity contribution >= 4 is 0 Å². The average Bonchev–Trinajstić information content (AvgIpc) is 2.22. The maximum absolute atomic E-state index is 10.3. The third-order valence-electron chi connectivity index (χ3n) is 3.76. The van der Waals surface area contributed by atoms with Crippen molar-refractivity contribution < 1.29 is 29.9 Å². The molecule has 0 bridgehead atoms. The fourth-order valence-electron chi connectivity index (χ4n) is 1.89. The van der Waals surface area contributed by atoms with Crippen LogP contribution in [0, 0.1) is 0 Å². The van der Waals surface area contributed by atoms with Crippen molar-refractivity contribution in [2.75, 3.05) is 13.7 Å². The monoisotopic (exact) mass is 236 g/mol. The van der Waals surface area contributed by atoms with Crippen LogP contribution >= 0.6 is 0 Å². The summed E-state index contributed by atoms with van der Waals surface area (Å²) in [7, 11) is 1.31. The van der Waals surface area contributed by atoms with E-state index in [-0.39, 0.29) is 0 Å². The van der Waals surface area contributed by atoms with Gasteiger partial charge in [0.05, 0.1) is 6.61 Å². The van der Waals surface area contributed by atoms with E-state index in [1.165, 1.54) is 27.9 Å². The molecule has 1 unspecified atom stereocenters. The van der Waals surface area contributed by atoms with E-state index in [4.69, 9.17) is 9.47 Å². The molecule has 1 heterocycles. The molecule has 6 nitrogen and oxygen atoms in total. The SMILES string of the molecule is CO[C@H]1OC(C)(CO)[C@](C)(O)[C@](C)(O)[C@@H]1O. The molecule has 0 radical (unpaired) electrons. The first-order valence-corrected chi connectivity index (χ1v) is 5.08. The summed E-state index contributed by atoms with van der Waals surface area (Å²) in [5.41, 5.74) is -5.09. The number of methoxy groups -OCH3 is 1. The first-order valence-electron chi connectivity index (χ1n) is 5.08. The van der Waals surface area contributed by atoms with Crippen molar-refractivity contribution in [2.45, 2.75) is 50.0 Å². The van der Waals surface area contributed by atoms with E-state index in [1.807, 2.05) is 0 Å². The van der Waals surface area contributed by atoms with Crippen molar-refractivity contribution in [1.29, 1.82) is 0 Å². The highest BCUT2D eigenvalue weighted by Crippen LogP contribution is 2.43. The highest BCUT2D eigenvalue weighted by molar-refractivity contribution is 5.13. The standard InChI is InChI=1S/C10H20O6/c1-8(5-11)10(3,14)9(2,13)6(12)7(15-4)16-8/h6-7,11-14H,5H2,1-4H3/t6-,7+,8?,9-,10+/m1/s1. The molecule has 0 aromatic heterocycles. The minimum Gasteiger partial charge on any atom is -0.393 e. The van der Waals surface area contributed by atoms with Crippen LogP contribution in [-0.2, 0) is 9.47 Å². The lowest BCUT2D eigenvalue weighted by atomic mass is 9.69. The lowest BCUT2D eigenvalue weighted by Crippen LogP contribution is -2.77. The van der Waals surface area contributed by atoms with Gasteiger partial charge in [0, 0.05) is 7.11 Å². The molecule has 4 N–H and O–H groups in total. The summed E-state index contributed by atoms with van der Waals surface area (Å²) in [4.78, 5) is 0. The summed E-state index contributed by atoms with van der Waals surface area (Å²) in [5.74, 6) is 0. The van der Waals surface area contributed by atoms with Crippen molar-refractivity contribution in [3.8, 4) is 0 Å². The Hall–Kier alpha value is -0.240. The maximum atomic E-state index is 10.3. The van der Waals surface area contributed by atoms with E-state index in [0.717, 1.165) is 0 Å². The first kappa shape index (κ1) is 13.8. The van der Waals surface area contributed by atoms with Gasteiger partial charge in [-0.2, -0.15) is 0 Å². The second-order valence-corrected chi connectivity index (χ2v) is 4.78. The normalized spacial score (nSPS) is 54.0. The van der Waals surface area contributed by atoms with Crippen LogP contribution in [0.15, 0.2) is 0 Å². The smallest absolute Gasteiger partial charge is 0.186 e. The van der Waals surface area contributed by atoms with Crippen LogP contribution in [0.25, 0.3) is 0 Å². The molecule has 0 saturated carbocycles. The molecule has 1 fully saturated rings. The summed E-state index contributed by atoms with van der Waals surface area (Å²) in [6, 6.07) is 0. The summed E-state index contributed by atoms with van der Waals surface area (Å²) in [6.07, 6.45) is -2.51. The largest absolute Gasteiger partial charge is 0.393 e. The lowest BCUT2D eigenvalue weighted by molar-refractivity contribution is -0.384. The van der Waals surface area contributed by atoms with Crippen LogP contribution in [0.3, 0.4) is 0 Å². The molecule has 1 aliphatic heterocycles. The molecule has 0 amide bonds. The molecule has 5 atom stereocenters. The average molecular weight is 236 g/mol. The molecule has 16 heavy (non-hydrogen) atoms. The van der Waals surface area contributed by atoms with Crippen LogP contribution in [0.2, 0.25) is 0 Å². The molecule has 0 aliphatic carbocycles. The van der Waals surface area contributed by atoms with Crippen molar-refractivity contribution in [2.24, 2.45) is 0 Å². The third-order valence-corrected chi connectivity index (χ3v) is 3.76. The molecular formula is C10H20O6. The van der Waals surface area contributed by atoms with Crippen molar-refractivity contribution in [3.05, 3.63) is 0 Å². The molecule has 1 saturated heterocycles. The summed E-state index contributed by atoms with van der Waals surface area (Å²) in [5, 5.41) is 39.5. The molecule has 1 aliphatic rings. The van der Waals surface area contributed by atoms with E-state index in [9.17, 15) is 20.4 Å². The predicted molar refractivity (Wildman–Crippen MR) is 54.6 cm³/mol. The number of ether oxygens (including phenoxy) is 2. The highest BCUT2D eigenvalue weighted by Gasteiger charge is 2.65. The van der Waals surface area contributed by atoms with Gasteiger partial charge >= 0.3 is 0 Å². The molecular weight excluding hydrogens is 216 g/mol. The Labute approximate surface area is 94.4 Å². The van der Waals surface area contributed by atoms with E-state index in [2.05, 4.69) is 0 Å². The van der Waals surface area contributed by atoms with Gasteiger partial charge in [-0.3, -0.25) is 0 Å². The molecule has 96 valence electrons. The van der Waals surface area contributed by atoms with Gasteiger partial charge in [0.1, 0.15) is 22.9 Å². The number of aliphatic hydroxyl groups excluding tert-OH is 2. The number of hydrogen-bond donors (Lipinski definition) is 4. The summed E-state index contributed by atoms with van der Waals surface area (Å²) < 4.78 is 10.2. The fraction of sp³-hybridized carbons (Fsp3) is 1.00. The molecule has 1 rings (SSSR count). The Morgan fingerprint density at radius 2 is 1.75 bits per heavy atom. The quantitative estimate of drug-likeness (QED) is 0.471. The van der Waals surface area contributed by atoms with Crippen molar-refractivity contribution in [3.63, 3.8) is 0 Å². The molecule has 6 heteroatoms. The van der Waals surface area contributed by atoms with Crippen LogP contribution in [-0.4, -0.2) is 63.3 Å². The zero-order chi connectivity index (χ0) is 12.8. The lowest BCUT2D eigenvalue weighted by Gasteiger charge is -2.57. The third kappa shape index (κ3) is 1.57. The predicted octanol–water partition coefficient (Wildman–Crippen LogP) is -1.40. The zero-order valence-electron chi connectivity index (χ0n) is 9.97. The Morgan fingerprint density at radius 3 is 2.12 bits per heavy atom. The van der Waals surface area contributed by atoms with E-state index in [0.29, 0.717) is 0 Å². The van der Waals surface area contributed by atoms with Gasteiger partial charge in [-0.1, -0.05) is 0 Å². The van der Waals surface area contributed by atoms with Gasteiger partial charge in [0.15, 0.2) is 6.29 Å². The second kappa shape index (κ2) is 3.90. The minimum absolute atomic E-state index is 0.511. The van der Waals surface area contributed by atoms with Crippen LogP contribution in [0.1, 0.15) is 20.8 Å². The maximum Gasteiger partial charge on any atom is 0.186 e. The van der Waals surface area contributed by atoms with Gasteiger partial charge in [-0.15, -0.1) is 0 Å². The molecule has 0 aromatic rings. The van der Waals surface area contributed by atoms with Crippen molar-refractivity contribution in [1.82, 2.24) is 0 Å². The van der Waals surface area contributed by atoms with Gasteiger partial charge < -0.3 is 29.9 Å². The zero-order valence-corrected chi connectivity index (χ0v) is 9.97. The molecule has 0 spiro atoms. The topological polar surface area (TPSA) is 99.4 Å². The van der Waals surface area contributed by atoms with Crippen LogP contribution in [0.5, 0.6) is 0 Å². The molecule has 0 aromatic carbocycles.